The Kier molecular flexibility index (Phi) is 4.83. The first-order valence-electron chi connectivity index (χ1n) is 5.59. The Morgan fingerprint density at radius 3 is 2.88 bits per heavy atom. The number of ether oxygens (including phenoxy) is 1. The van der Waals surface area contributed by atoms with Crippen molar-refractivity contribution in [1.82, 2.24) is 0 Å². The molecular formula is C13H18O3. The molecule has 0 bridgehead atoms. The van der Waals surface area contributed by atoms with Crippen molar-refractivity contribution < 1.29 is 14.6 Å². The van der Waals surface area contributed by atoms with Gasteiger partial charge in [0.1, 0.15) is 5.75 Å². The molecule has 0 fully saturated rings. The number of carbonyl (C=O) groups is 1. The second-order valence-corrected chi connectivity index (χ2v) is 4.04. The minimum atomic E-state index is -0.924. The average molecular weight is 222 g/mol. The summed E-state index contributed by atoms with van der Waals surface area (Å²) in [6.45, 7) is 4.91. The van der Waals surface area contributed by atoms with E-state index in [0.29, 0.717) is 18.3 Å². The van der Waals surface area contributed by atoms with E-state index in [1.807, 2.05) is 0 Å². The molecule has 1 aromatic rings. The highest BCUT2D eigenvalue weighted by Crippen LogP contribution is 2.15. The van der Waals surface area contributed by atoms with Crippen LogP contribution in [-0.4, -0.2) is 17.7 Å². The Hall–Kier alpha value is -1.51. The van der Waals surface area contributed by atoms with E-state index in [1.54, 1.807) is 24.3 Å². The third-order valence-corrected chi connectivity index (χ3v) is 2.40. The summed E-state index contributed by atoms with van der Waals surface area (Å²) in [4.78, 5) is 10.7. The van der Waals surface area contributed by atoms with Crippen LogP contribution in [0.4, 0.5) is 0 Å². The number of hydrogen-bond donors (Lipinski definition) is 1. The lowest BCUT2D eigenvalue weighted by atomic mass is 10.1. The van der Waals surface area contributed by atoms with Crippen LogP contribution in [0, 0.1) is 5.92 Å². The molecule has 0 radical (unpaired) electrons. The summed E-state index contributed by atoms with van der Waals surface area (Å²) in [5.41, 5.74) is 0.264. The van der Waals surface area contributed by atoms with Gasteiger partial charge in [-0.05, 0) is 30.5 Å². The zero-order chi connectivity index (χ0) is 12.0. The molecule has 1 unspecified atom stereocenters. The molecule has 0 aliphatic heterocycles. The standard InChI is InChI=1S/C13H18O3/c1-3-5-10(2)9-16-12-7-4-6-11(8-12)13(14)15/h4,6-8,10H,3,5,9H2,1-2H3,(H,14,15). The lowest BCUT2D eigenvalue weighted by Crippen LogP contribution is -2.08. The van der Waals surface area contributed by atoms with E-state index in [2.05, 4.69) is 13.8 Å². The van der Waals surface area contributed by atoms with Crippen LogP contribution in [0.3, 0.4) is 0 Å². The van der Waals surface area contributed by atoms with Crippen LogP contribution in [-0.2, 0) is 0 Å². The van der Waals surface area contributed by atoms with E-state index in [9.17, 15) is 4.79 Å². The zero-order valence-electron chi connectivity index (χ0n) is 9.77. The van der Waals surface area contributed by atoms with Crippen LogP contribution >= 0.6 is 0 Å². The first-order chi connectivity index (χ1) is 7.63. The van der Waals surface area contributed by atoms with Gasteiger partial charge in [-0.25, -0.2) is 4.79 Å². The van der Waals surface area contributed by atoms with Gasteiger partial charge in [-0.1, -0.05) is 26.3 Å². The SMILES string of the molecule is CCCC(C)COc1cccc(C(=O)O)c1. The van der Waals surface area contributed by atoms with Crippen LogP contribution < -0.4 is 4.74 Å². The Morgan fingerprint density at radius 1 is 1.50 bits per heavy atom. The summed E-state index contributed by atoms with van der Waals surface area (Å²) in [6.07, 6.45) is 2.26. The first kappa shape index (κ1) is 12.6. The third kappa shape index (κ3) is 3.93. The minimum Gasteiger partial charge on any atom is -0.493 e. The average Bonchev–Trinajstić information content (AvgIpc) is 2.27. The van der Waals surface area contributed by atoms with Crippen molar-refractivity contribution in [3.05, 3.63) is 29.8 Å². The topological polar surface area (TPSA) is 46.5 Å². The molecule has 16 heavy (non-hydrogen) atoms. The van der Waals surface area contributed by atoms with Gasteiger partial charge in [-0.2, -0.15) is 0 Å². The molecule has 0 aliphatic carbocycles. The van der Waals surface area contributed by atoms with E-state index >= 15 is 0 Å². The van der Waals surface area contributed by atoms with Gasteiger partial charge in [0.25, 0.3) is 0 Å². The highest BCUT2D eigenvalue weighted by Gasteiger charge is 2.05. The largest absolute Gasteiger partial charge is 0.493 e. The van der Waals surface area contributed by atoms with Crippen LogP contribution in [0.5, 0.6) is 5.75 Å². The van der Waals surface area contributed by atoms with Crippen LogP contribution in [0.1, 0.15) is 37.0 Å². The van der Waals surface area contributed by atoms with Gasteiger partial charge in [0.15, 0.2) is 0 Å². The van der Waals surface area contributed by atoms with E-state index in [4.69, 9.17) is 9.84 Å². The normalized spacial score (nSPS) is 12.1. The van der Waals surface area contributed by atoms with E-state index < -0.39 is 5.97 Å². The lowest BCUT2D eigenvalue weighted by molar-refractivity contribution is 0.0696. The van der Waals surface area contributed by atoms with Crippen molar-refractivity contribution in [1.29, 1.82) is 0 Å². The van der Waals surface area contributed by atoms with E-state index in [1.165, 1.54) is 0 Å². The fourth-order valence-electron chi connectivity index (χ4n) is 1.53. The summed E-state index contributed by atoms with van der Waals surface area (Å²) >= 11 is 0. The highest BCUT2D eigenvalue weighted by atomic mass is 16.5. The Balaban J connectivity index is 2.54. The Bertz CT molecular complexity index is 347. The summed E-state index contributed by atoms with van der Waals surface area (Å²) in [7, 11) is 0. The van der Waals surface area contributed by atoms with Crippen molar-refractivity contribution in [2.24, 2.45) is 5.92 Å². The van der Waals surface area contributed by atoms with Crippen LogP contribution in [0.25, 0.3) is 0 Å². The molecule has 1 rings (SSSR count). The molecule has 0 saturated carbocycles. The zero-order valence-corrected chi connectivity index (χ0v) is 9.77. The van der Waals surface area contributed by atoms with Crippen molar-refractivity contribution in [2.45, 2.75) is 26.7 Å². The number of carboxylic acids is 1. The maximum absolute atomic E-state index is 10.7. The lowest BCUT2D eigenvalue weighted by Gasteiger charge is -2.12. The number of carboxylic acid groups (broad SMARTS) is 1. The van der Waals surface area contributed by atoms with Gasteiger partial charge >= 0.3 is 5.97 Å². The first-order valence-corrected chi connectivity index (χ1v) is 5.59. The van der Waals surface area contributed by atoms with Crippen molar-refractivity contribution in [2.75, 3.05) is 6.61 Å². The molecule has 0 aliphatic rings. The van der Waals surface area contributed by atoms with Crippen molar-refractivity contribution >= 4 is 5.97 Å². The summed E-state index contributed by atoms with van der Waals surface area (Å²) in [6, 6.07) is 6.60. The van der Waals surface area contributed by atoms with Crippen LogP contribution in [0.15, 0.2) is 24.3 Å². The maximum Gasteiger partial charge on any atom is 0.335 e. The summed E-state index contributed by atoms with van der Waals surface area (Å²) in [5, 5.41) is 8.82. The van der Waals surface area contributed by atoms with E-state index in [-0.39, 0.29) is 5.56 Å². The van der Waals surface area contributed by atoms with E-state index in [0.717, 1.165) is 12.8 Å². The Labute approximate surface area is 96.1 Å². The molecule has 0 spiro atoms. The third-order valence-electron chi connectivity index (χ3n) is 2.40. The summed E-state index contributed by atoms with van der Waals surface area (Å²) < 4.78 is 5.55. The van der Waals surface area contributed by atoms with Gasteiger partial charge in [-0.3, -0.25) is 0 Å². The fraction of sp³-hybridized carbons (Fsp3) is 0.462. The molecule has 1 atom stereocenters. The van der Waals surface area contributed by atoms with Gasteiger partial charge in [-0.15, -0.1) is 0 Å². The molecule has 88 valence electrons. The second kappa shape index (κ2) is 6.16. The predicted molar refractivity (Wildman–Crippen MR) is 63.0 cm³/mol. The molecule has 0 amide bonds. The minimum absolute atomic E-state index is 0.264. The molecule has 0 saturated heterocycles. The molecule has 0 aromatic heterocycles. The predicted octanol–water partition coefficient (Wildman–Crippen LogP) is 3.20. The molecule has 3 heteroatoms. The van der Waals surface area contributed by atoms with Gasteiger partial charge in [0.2, 0.25) is 0 Å². The summed E-state index contributed by atoms with van der Waals surface area (Å²) in [5.74, 6) is 0.202. The van der Waals surface area contributed by atoms with Crippen molar-refractivity contribution in [3.8, 4) is 5.75 Å². The monoisotopic (exact) mass is 222 g/mol. The molecule has 0 heterocycles. The molecular weight excluding hydrogens is 204 g/mol. The van der Waals surface area contributed by atoms with Gasteiger partial charge < -0.3 is 9.84 Å². The molecule has 1 aromatic carbocycles. The molecule has 1 N–H and O–H groups in total. The number of hydrogen-bond acceptors (Lipinski definition) is 2. The number of rotatable bonds is 6. The second-order valence-electron chi connectivity index (χ2n) is 4.04. The fourth-order valence-corrected chi connectivity index (χ4v) is 1.53. The Morgan fingerprint density at radius 2 is 2.25 bits per heavy atom. The smallest absolute Gasteiger partial charge is 0.335 e. The number of aromatic carboxylic acids is 1. The highest BCUT2D eigenvalue weighted by molar-refractivity contribution is 5.87. The molecule has 3 nitrogen and oxygen atoms in total. The van der Waals surface area contributed by atoms with Crippen LogP contribution in [0.2, 0.25) is 0 Å². The maximum atomic E-state index is 10.7. The number of benzene rings is 1. The van der Waals surface area contributed by atoms with Crippen molar-refractivity contribution in [3.63, 3.8) is 0 Å². The van der Waals surface area contributed by atoms with Gasteiger partial charge in [0.05, 0.1) is 12.2 Å². The van der Waals surface area contributed by atoms with Gasteiger partial charge in [0, 0.05) is 0 Å². The quantitative estimate of drug-likeness (QED) is 0.804.